The molecule has 0 spiro atoms. The summed E-state index contributed by atoms with van der Waals surface area (Å²) in [5.41, 5.74) is 2.91. The van der Waals surface area contributed by atoms with Crippen LogP contribution in [0.4, 0.5) is 11.4 Å². The number of fused-ring (bicyclic) bond motifs is 1. The Balaban J connectivity index is 0.00000192. The van der Waals surface area contributed by atoms with Crippen LogP contribution in [0.2, 0.25) is 0 Å². The van der Waals surface area contributed by atoms with Crippen LogP contribution in [-0.2, 0) is 16.0 Å². The van der Waals surface area contributed by atoms with Gasteiger partial charge in [-0.3, -0.25) is 9.59 Å². The molecular weight excluding hydrogens is 334 g/mol. The molecule has 1 aromatic carbocycles. The van der Waals surface area contributed by atoms with Gasteiger partial charge in [0.25, 0.3) is 0 Å². The van der Waals surface area contributed by atoms with Gasteiger partial charge in [-0.05, 0) is 30.2 Å². The van der Waals surface area contributed by atoms with Crippen LogP contribution >= 0.6 is 24.2 Å². The van der Waals surface area contributed by atoms with E-state index in [-0.39, 0.29) is 30.3 Å². The SMILES string of the molecule is CC(=O)N1CCc2cc(NC(=O)CC3CSCCN3)ccc21.Cl. The summed E-state index contributed by atoms with van der Waals surface area (Å²) in [6.07, 6.45) is 1.35. The molecule has 2 N–H and O–H groups in total. The molecule has 0 saturated carbocycles. The average Bonchev–Trinajstić information content (AvgIpc) is 2.91. The fraction of sp³-hybridized carbons (Fsp3) is 0.500. The topological polar surface area (TPSA) is 61.4 Å². The Bertz CT molecular complexity index is 591. The number of nitrogens with one attached hydrogen (secondary N) is 2. The smallest absolute Gasteiger partial charge is 0.225 e. The highest BCUT2D eigenvalue weighted by atomic mass is 35.5. The van der Waals surface area contributed by atoms with Crippen molar-refractivity contribution >= 4 is 47.4 Å². The summed E-state index contributed by atoms with van der Waals surface area (Å²) in [5.74, 6) is 2.22. The molecule has 0 aliphatic carbocycles. The van der Waals surface area contributed by atoms with Gasteiger partial charge in [-0.15, -0.1) is 12.4 Å². The lowest BCUT2D eigenvalue weighted by molar-refractivity contribution is -0.117. The summed E-state index contributed by atoms with van der Waals surface area (Å²) >= 11 is 1.89. The van der Waals surface area contributed by atoms with Crippen LogP contribution in [0.5, 0.6) is 0 Å². The first-order chi connectivity index (χ1) is 10.6. The van der Waals surface area contributed by atoms with Crippen molar-refractivity contribution in [1.29, 1.82) is 0 Å². The molecule has 0 bridgehead atoms. The van der Waals surface area contributed by atoms with Crippen molar-refractivity contribution in [2.24, 2.45) is 0 Å². The Morgan fingerprint density at radius 2 is 2.26 bits per heavy atom. The van der Waals surface area contributed by atoms with E-state index >= 15 is 0 Å². The number of thioether (sulfide) groups is 1. The van der Waals surface area contributed by atoms with Gasteiger partial charge in [-0.2, -0.15) is 11.8 Å². The first kappa shape index (κ1) is 18.1. The van der Waals surface area contributed by atoms with E-state index < -0.39 is 0 Å². The number of anilines is 2. The van der Waals surface area contributed by atoms with Crippen LogP contribution in [0.15, 0.2) is 18.2 Å². The number of amides is 2. The summed E-state index contributed by atoms with van der Waals surface area (Å²) in [4.78, 5) is 25.5. The van der Waals surface area contributed by atoms with Crippen molar-refractivity contribution < 1.29 is 9.59 Å². The van der Waals surface area contributed by atoms with E-state index in [1.165, 1.54) is 0 Å². The van der Waals surface area contributed by atoms with Gasteiger partial charge in [0.05, 0.1) is 0 Å². The molecule has 2 aliphatic heterocycles. The summed E-state index contributed by atoms with van der Waals surface area (Å²) in [7, 11) is 0. The third-order valence-corrected chi connectivity index (χ3v) is 5.20. The third-order valence-electron chi connectivity index (χ3n) is 4.07. The molecule has 2 heterocycles. The van der Waals surface area contributed by atoms with Crippen LogP contribution in [0, 0.1) is 0 Å². The Kier molecular flexibility index (Phi) is 6.33. The number of rotatable bonds is 3. The second-order valence-electron chi connectivity index (χ2n) is 5.74. The van der Waals surface area contributed by atoms with Gasteiger partial charge in [0.2, 0.25) is 11.8 Å². The summed E-state index contributed by atoms with van der Waals surface area (Å²) in [5, 5.41) is 6.34. The molecule has 3 rings (SSSR count). The van der Waals surface area contributed by atoms with Crippen LogP contribution in [-0.4, -0.2) is 42.5 Å². The minimum atomic E-state index is 0. The van der Waals surface area contributed by atoms with Crippen LogP contribution < -0.4 is 15.5 Å². The summed E-state index contributed by atoms with van der Waals surface area (Å²) in [6, 6.07) is 6.05. The lowest BCUT2D eigenvalue weighted by Gasteiger charge is -2.22. The van der Waals surface area contributed by atoms with E-state index in [1.807, 2.05) is 30.0 Å². The van der Waals surface area contributed by atoms with Crippen LogP contribution in [0.1, 0.15) is 18.9 Å². The van der Waals surface area contributed by atoms with Crippen LogP contribution in [0.25, 0.3) is 0 Å². The second-order valence-corrected chi connectivity index (χ2v) is 6.89. The van der Waals surface area contributed by atoms with Crippen LogP contribution in [0.3, 0.4) is 0 Å². The number of carbonyl (C=O) groups excluding carboxylic acids is 2. The molecule has 0 aromatic heterocycles. The van der Waals surface area contributed by atoms with Gasteiger partial charge < -0.3 is 15.5 Å². The highest BCUT2D eigenvalue weighted by molar-refractivity contribution is 7.99. The first-order valence-electron chi connectivity index (χ1n) is 7.65. The van der Waals surface area contributed by atoms with Gasteiger partial charge in [-0.25, -0.2) is 0 Å². The number of nitrogens with zero attached hydrogens (tertiary/aromatic N) is 1. The van der Waals surface area contributed by atoms with Crippen molar-refractivity contribution in [2.75, 3.05) is 34.8 Å². The number of hydrogen-bond acceptors (Lipinski definition) is 4. The van der Waals surface area contributed by atoms with Crippen molar-refractivity contribution in [3.63, 3.8) is 0 Å². The van der Waals surface area contributed by atoms with Crippen molar-refractivity contribution in [1.82, 2.24) is 5.32 Å². The molecule has 1 aromatic rings. The van der Waals surface area contributed by atoms with E-state index in [2.05, 4.69) is 10.6 Å². The zero-order valence-corrected chi connectivity index (χ0v) is 14.8. The molecule has 23 heavy (non-hydrogen) atoms. The Hall–Kier alpha value is -1.24. The lowest BCUT2D eigenvalue weighted by Crippen LogP contribution is -2.39. The summed E-state index contributed by atoms with van der Waals surface area (Å²) in [6.45, 7) is 3.29. The lowest BCUT2D eigenvalue weighted by atomic mass is 10.1. The molecule has 1 unspecified atom stereocenters. The highest BCUT2D eigenvalue weighted by Gasteiger charge is 2.22. The molecule has 5 nitrogen and oxygen atoms in total. The summed E-state index contributed by atoms with van der Waals surface area (Å²) < 4.78 is 0. The molecule has 2 aliphatic rings. The Morgan fingerprint density at radius 3 is 2.96 bits per heavy atom. The quantitative estimate of drug-likeness (QED) is 0.871. The fourth-order valence-electron chi connectivity index (χ4n) is 2.99. The monoisotopic (exact) mass is 355 g/mol. The maximum absolute atomic E-state index is 12.1. The molecule has 7 heteroatoms. The predicted molar refractivity (Wildman–Crippen MR) is 97.8 cm³/mol. The predicted octanol–water partition coefficient (Wildman–Crippen LogP) is 2.05. The maximum Gasteiger partial charge on any atom is 0.225 e. The van der Waals surface area contributed by atoms with Crippen molar-refractivity contribution in [3.8, 4) is 0 Å². The first-order valence-corrected chi connectivity index (χ1v) is 8.81. The van der Waals surface area contributed by atoms with Gasteiger partial charge in [0.15, 0.2) is 0 Å². The van der Waals surface area contributed by atoms with E-state index in [4.69, 9.17) is 0 Å². The van der Waals surface area contributed by atoms with Gasteiger partial charge in [0, 0.05) is 55.4 Å². The van der Waals surface area contributed by atoms with Gasteiger partial charge in [-0.1, -0.05) is 0 Å². The Labute approximate surface area is 147 Å². The molecule has 1 saturated heterocycles. The normalized spacial score (nSPS) is 19.7. The minimum absolute atomic E-state index is 0. The molecule has 2 amide bonds. The Morgan fingerprint density at radius 1 is 1.43 bits per heavy atom. The zero-order chi connectivity index (χ0) is 15.5. The highest BCUT2D eigenvalue weighted by Crippen LogP contribution is 2.30. The fourth-order valence-corrected chi connectivity index (χ4v) is 3.94. The largest absolute Gasteiger partial charge is 0.326 e. The molecule has 0 radical (unpaired) electrons. The van der Waals surface area contributed by atoms with E-state index in [1.54, 1.807) is 11.8 Å². The second kappa shape index (κ2) is 8.04. The van der Waals surface area contributed by atoms with Gasteiger partial charge in [0.1, 0.15) is 0 Å². The van der Waals surface area contributed by atoms with Crippen molar-refractivity contribution in [3.05, 3.63) is 23.8 Å². The minimum Gasteiger partial charge on any atom is -0.326 e. The van der Waals surface area contributed by atoms with E-state index in [9.17, 15) is 9.59 Å². The number of hydrogen-bond donors (Lipinski definition) is 2. The zero-order valence-electron chi connectivity index (χ0n) is 13.1. The number of carbonyl (C=O) groups is 2. The molecular formula is C16H22ClN3O2S. The standard InChI is InChI=1S/C16H21N3O2S.ClH/c1-11(20)19-6-4-12-8-13(2-3-15(12)19)18-16(21)9-14-10-22-7-5-17-14;/h2-3,8,14,17H,4-7,9-10H2,1H3,(H,18,21);1H. The van der Waals surface area contributed by atoms with E-state index in [0.29, 0.717) is 6.42 Å². The molecule has 1 atom stereocenters. The van der Waals surface area contributed by atoms with E-state index in [0.717, 1.165) is 48.0 Å². The van der Waals surface area contributed by atoms with Gasteiger partial charge >= 0.3 is 0 Å². The van der Waals surface area contributed by atoms with Crippen molar-refractivity contribution in [2.45, 2.75) is 25.8 Å². The third kappa shape index (κ3) is 4.40. The number of benzene rings is 1. The molecule has 1 fully saturated rings. The molecule has 126 valence electrons. The maximum atomic E-state index is 12.1. The number of halogens is 1. The average molecular weight is 356 g/mol.